The van der Waals surface area contributed by atoms with E-state index in [2.05, 4.69) is 38.2 Å². The lowest BCUT2D eigenvalue weighted by Crippen LogP contribution is -2.37. The second-order valence-electron chi connectivity index (χ2n) is 14.8. The van der Waals surface area contributed by atoms with Gasteiger partial charge in [0.25, 0.3) is 0 Å². The van der Waals surface area contributed by atoms with Gasteiger partial charge in [-0.3, -0.25) is 18.6 Å². The summed E-state index contributed by atoms with van der Waals surface area (Å²) in [6, 6.07) is 0. The fourth-order valence-electron chi connectivity index (χ4n) is 5.00. The fourth-order valence-corrected chi connectivity index (χ4v) is 5.74. The minimum atomic E-state index is -4.40. The Morgan fingerprint density at radius 1 is 0.673 bits per heavy atom. The topological polar surface area (TPSA) is 129 Å². The van der Waals surface area contributed by atoms with Gasteiger partial charge in [0.2, 0.25) is 0 Å². The number of hydrogen-bond donors (Lipinski definition) is 2. The normalized spacial score (nSPS) is 15.0. The zero-order valence-corrected chi connectivity index (χ0v) is 35.9. The molecular formula is C44H77NO9P+. The molecule has 2 N–H and O–H groups in total. The molecule has 316 valence electrons. The Balaban J connectivity index is 4.57. The highest BCUT2D eigenvalue weighted by Crippen LogP contribution is 2.43. The predicted octanol–water partition coefficient (Wildman–Crippen LogP) is 10.4. The van der Waals surface area contributed by atoms with Gasteiger partial charge in [0.05, 0.1) is 33.9 Å². The first kappa shape index (κ1) is 52.4. The number of ether oxygens (including phenoxy) is 2. The number of phosphoric acid groups is 1. The summed E-state index contributed by atoms with van der Waals surface area (Å²) < 4.78 is 34.1. The van der Waals surface area contributed by atoms with Gasteiger partial charge in [-0.2, -0.15) is 0 Å². The van der Waals surface area contributed by atoms with Crippen LogP contribution in [0, 0.1) is 0 Å². The first-order valence-corrected chi connectivity index (χ1v) is 22.3. The molecule has 3 unspecified atom stereocenters. The molecule has 0 aliphatic rings. The van der Waals surface area contributed by atoms with Crippen molar-refractivity contribution in [1.29, 1.82) is 0 Å². The van der Waals surface area contributed by atoms with E-state index >= 15 is 0 Å². The molecule has 0 aliphatic carbocycles. The third-order valence-electron chi connectivity index (χ3n) is 8.30. The highest BCUT2D eigenvalue weighted by atomic mass is 31.2. The standard InChI is InChI=1S/C44H76NO9P/c1-6-8-10-12-13-14-15-16-17-21-24-27-31-35-43(47)51-39-42(40-53-55(49,50)52-38-37-45(3,4)5)54-44(48)36-32-28-25-22-19-18-20-23-26-30-34-41(46)33-29-11-9-7-2/h9,11,14-15,18,20,22,25-26,29-30,33,41-42,46H,6-8,10,12-13,16-17,19,21,23-24,27-28,31-32,34-40H2,1-5H3/p+1/b11-9-,15-14-,20-18-,25-22-,30-26-,33-29+. The monoisotopic (exact) mass is 795 g/mol. The van der Waals surface area contributed by atoms with Crippen LogP contribution in [0.5, 0.6) is 0 Å². The first-order valence-electron chi connectivity index (χ1n) is 20.8. The molecule has 0 saturated heterocycles. The molecule has 0 aliphatic heterocycles. The van der Waals surface area contributed by atoms with Crippen molar-refractivity contribution in [3.8, 4) is 0 Å². The van der Waals surface area contributed by atoms with E-state index in [0.29, 0.717) is 36.7 Å². The number of aliphatic hydroxyl groups is 1. The van der Waals surface area contributed by atoms with Crippen molar-refractivity contribution in [2.24, 2.45) is 0 Å². The fraction of sp³-hybridized carbons (Fsp3) is 0.682. The Kier molecular flexibility index (Phi) is 34.1. The lowest BCUT2D eigenvalue weighted by molar-refractivity contribution is -0.870. The highest BCUT2D eigenvalue weighted by molar-refractivity contribution is 7.47. The van der Waals surface area contributed by atoms with Crippen LogP contribution >= 0.6 is 7.82 Å². The minimum absolute atomic E-state index is 0.00748. The molecule has 0 fully saturated rings. The first-order chi connectivity index (χ1) is 26.4. The van der Waals surface area contributed by atoms with E-state index in [1.165, 1.54) is 32.1 Å². The summed E-state index contributed by atoms with van der Waals surface area (Å²) in [6.45, 7) is 4.07. The van der Waals surface area contributed by atoms with Gasteiger partial charge in [0, 0.05) is 12.8 Å². The summed E-state index contributed by atoms with van der Waals surface area (Å²) in [7, 11) is 1.39. The van der Waals surface area contributed by atoms with Crippen molar-refractivity contribution in [3.63, 3.8) is 0 Å². The molecule has 0 saturated carbocycles. The van der Waals surface area contributed by atoms with Gasteiger partial charge in [-0.15, -0.1) is 0 Å². The zero-order chi connectivity index (χ0) is 40.9. The van der Waals surface area contributed by atoms with Crippen LogP contribution in [0.25, 0.3) is 0 Å². The van der Waals surface area contributed by atoms with E-state index in [9.17, 15) is 24.2 Å². The molecule has 0 heterocycles. The van der Waals surface area contributed by atoms with Crippen LogP contribution in [0.3, 0.4) is 0 Å². The van der Waals surface area contributed by atoms with E-state index in [-0.39, 0.29) is 26.1 Å². The van der Waals surface area contributed by atoms with E-state index in [4.69, 9.17) is 18.5 Å². The number of carbonyl (C=O) groups excluding carboxylic acids is 2. The summed E-state index contributed by atoms with van der Waals surface area (Å²) in [5.74, 6) is -0.913. The summed E-state index contributed by atoms with van der Waals surface area (Å²) in [4.78, 5) is 35.3. The van der Waals surface area contributed by atoms with E-state index in [1.54, 1.807) is 6.08 Å². The number of rotatable bonds is 36. The molecule has 0 spiro atoms. The lowest BCUT2D eigenvalue weighted by atomic mass is 10.1. The maximum absolute atomic E-state index is 12.6. The highest BCUT2D eigenvalue weighted by Gasteiger charge is 2.27. The van der Waals surface area contributed by atoms with Crippen LogP contribution in [0.15, 0.2) is 72.9 Å². The Bertz CT molecular complexity index is 1190. The van der Waals surface area contributed by atoms with Crippen molar-refractivity contribution >= 4 is 19.8 Å². The van der Waals surface area contributed by atoms with Crippen LogP contribution in [-0.4, -0.2) is 86.1 Å². The SMILES string of the molecule is CC/C=C\C=C\C(O)C/C=C\C/C=C\C/C=C\CCCC(=O)OC(COC(=O)CCCCCCC/C=C\CCCCCC)COP(=O)(O)OCC[N+](C)(C)C. The number of likely N-dealkylation sites (N-methyl/N-ethyl adjacent to an activating group) is 1. The third kappa shape index (κ3) is 39.4. The summed E-state index contributed by atoms with van der Waals surface area (Å²) in [5, 5.41) is 9.92. The lowest BCUT2D eigenvalue weighted by Gasteiger charge is -2.24. The molecule has 0 aromatic rings. The average Bonchev–Trinajstić information content (AvgIpc) is 3.13. The predicted molar refractivity (Wildman–Crippen MR) is 225 cm³/mol. The maximum Gasteiger partial charge on any atom is 0.472 e. The second kappa shape index (κ2) is 35.8. The van der Waals surface area contributed by atoms with Gasteiger partial charge in [-0.25, -0.2) is 4.57 Å². The Labute approximate surface area is 334 Å². The van der Waals surface area contributed by atoms with Crippen molar-refractivity contribution < 1.29 is 47.2 Å². The second-order valence-corrected chi connectivity index (χ2v) is 16.3. The van der Waals surface area contributed by atoms with Crippen LogP contribution < -0.4 is 0 Å². The number of allylic oxidation sites excluding steroid dienone is 10. The molecular weight excluding hydrogens is 717 g/mol. The zero-order valence-electron chi connectivity index (χ0n) is 35.0. The third-order valence-corrected chi connectivity index (χ3v) is 9.29. The molecule has 10 nitrogen and oxygen atoms in total. The number of carbonyl (C=O) groups is 2. The van der Waals surface area contributed by atoms with Gasteiger partial charge < -0.3 is 24.0 Å². The average molecular weight is 795 g/mol. The number of quaternary nitrogens is 1. The van der Waals surface area contributed by atoms with Gasteiger partial charge in [0.15, 0.2) is 6.10 Å². The molecule has 11 heteroatoms. The van der Waals surface area contributed by atoms with Gasteiger partial charge in [0.1, 0.15) is 19.8 Å². The number of hydrogen-bond acceptors (Lipinski definition) is 8. The largest absolute Gasteiger partial charge is 0.472 e. The van der Waals surface area contributed by atoms with E-state index < -0.39 is 38.6 Å². The van der Waals surface area contributed by atoms with E-state index in [0.717, 1.165) is 51.4 Å². The van der Waals surface area contributed by atoms with Crippen LogP contribution in [0.1, 0.15) is 136 Å². The van der Waals surface area contributed by atoms with Gasteiger partial charge in [-0.1, -0.05) is 125 Å². The van der Waals surface area contributed by atoms with Crippen LogP contribution in [-0.2, 0) is 32.7 Å². The number of aliphatic hydroxyl groups excluding tert-OH is 1. The molecule has 0 aromatic heterocycles. The van der Waals surface area contributed by atoms with Crippen molar-refractivity contribution in [2.45, 2.75) is 148 Å². The number of esters is 2. The molecule has 0 radical (unpaired) electrons. The summed E-state index contributed by atoms with van der Waals surface area (Å²) in [6.07, 6.45) is 40.0. The van der Waals surface area contributed by atoms with Crippen LogP contribution in [0.4, 0.5) is 0 Å². The number of phosphoric ester groups is 1. The molecule has 55 heavy (non-hydrogen) atoms. The number of nitrogens with zero attached hydrogens (tertiary/aromatic N) is 1. The Morgan fingerprint density at radius 2 is 1.25 bits per heavy atom. The van der Waals surface area contributed by atoms with Gasteiger partial charge in [-0.05, 0) is 70.6 Å². The molecule has 0 bridgehead atoms. The molecule has 0 amide bonds. The van der Waals surface area contributed by atoms with Gasteiger partial charge >= 0.3 is 19.8 Å². The molecule has 0 aromatic carbocycles. The van der Waals surface area contributed by atoms with Crippen molar-refractivity contribution in [1.82, 2.24) is 0 Å². The summed E-state index contributed by atoms with van der Waals surface area (Å²) >= 11 is 0. The van der Waals surface area contributed by atoms with Crippen molar-refractivity contribution in [2.75, 3.05) is 47.5 Å². The minimum Gasteiger partial charge on any atom is -0.462 e. The van der Waals surface area contributed by atoms with E-state index in [1.807, 2.05) is 63.7 Å². The molecule has 0 rings (SSSR count). The smallest absolute Gasteiger partial charge is 0.462 e. The summed E-state index contributed by atoms with van der Waals surface area (Å²) in [5.41, 5.74) is 0. The van der Waals surface area contributed by atoms with Crippen molar-refractivity contribution in [3.05, 3.63) is 72.9 Å². The van der Waals surface area contributed by atoms with Crippen LogP contribution in [0.2, 0.25) is 0 Å². The number of unbranched alkanes of at least 4 members (excludes halogenated alkanes) is 10. The maximum atomic E-state index is 12.6. The Hall–Kier alpha value is -2.59. The Morgan fingerprint density at radius 3 is 1.93 bits per heavy atom. The quantitative estimate of drug-likeness (QED) is 0.0159. The molecule has 3 atom stereocenters.